The number of carboxylic acid groups (broad SMARTS) is 1. The summed E-state index contributed by atoms with van der Waals surface area (Å²) < 4.78 is 5.73. The average Bonchev–Trinajstić information content (AvgIpc) is 3.26. The molecule has 0 unspecified atom stereocenters. The molecule has 1 aromatic carbocycles. The molecule has 3 fully saturated rings. The molecule has 3 aliphatic rings. The van der Waals surface area contributed by atoms with Gasteiger partial charge in [-0.1, -0.05) is 29.3 Å². The van der Waals surface area contributed by atoms with E-state index in [0.29, 0.717) is 42.8 Å². The molecule has 1 amide bonds. The molecule has 3 saturated heterocycles. The van der Waals surface area contributed by atoms with Gasteiger partial charge in [0, 0.05) is 48.3 Å². The maximum Gasteiger partial charge on any atom is 0.310 e. The highest BCUT2D eigenvalue weighted by atomic mass is 35.5. The highest BCUT2D eigenvalue weighted by molar-refractivity contribution is 6.35. The molecule has 3 heterocycles. The monoisotopic (exact) mass is 412 g/mol. The van der Waals surface area contributed by atoms with Gasteiger partial charge < -0.3 is 14.7 Å². The predicted octanol–water partition coefficient (Wildman–Crippen LogP) is 2.52. The number of rotatable bonds is 4. The molecule has 4 rings (SSSR count). The van der Waals surface area contributed by atoms with Gasteiger partial charge in [0.05, 0.1) is 24.0 Å². The molecular weight excluding hydrogens is 391 g/mol. The Kier molecular flexibility index (Phi) is 5.34. The first-order valence-electron chi connectivity index (χ1n) is 9.28. The molecule has 0 saturated carbocycles. The fourth-order valence-electron chi connectivity index (χ4n) is 4.55. The van der Waals surface area contributed by atoms with Gasteiger partial charge in [-0.05, 0) is 25.0 Å². The first kappa shape index (κ1) is 19.0. The zero-order chi connectivity index (χ0) is 19.1. The first-order chi connectivity index (χ1) is 13.0. The van der Waals surface area contributed by atoms with Crippen molar-refractivity contribution in [2.24, 2.45) is 11.8 Å². The highest BCUT2D eigenvalue weighted by Gasteiger charge is 2.56. The van der Waals surface area contributed by atoms with Crippen LogP contribution in [0.15, 0.2) is 18.2 Å². The van der Waals surface area contributed by atoms with Crippen LogP contribution in [0.1, 0.15) is 18.4 Å². The molecule has 0 radical (unpaired) electrons. The number of aliphatic carboxylic acids is 1. The lowest BCUT2D eigenvalue weighted by Crippen LogP contribution is -2.53. The number of benzene rings is 1. The van der Waals surface area contributed by atoms with Gasteiger partial charge in [0.25, 0.3) is 0 Å². The molecule has 146 valence electrons. The first-order valence-corrected chi connectivity index (χ1v) is 10.0. The highest BCUT2D eigenvalue weighted by Crippen LogP contribution is 2.44. The van der Waals surface area contributed by atoms with Crippen LogP contribution in [0.2, 0.25) is 10.0 Å². The average molecular weight is 413 g/mol. The second-order valence-electron chi connectivity index (χ2n) is 7.48. The van der Waals surface area contributed by atoms with E-state index >= 15 is 0 Å². The third-order valence-corrected chi connectivity index (χ3v) is 6.68. The molecule has 1 N–H and O–H groups in total. The number of ether oxygens (including phenoxy) is 1. The Labute approximate surface area is 168 Å². The van der Waals surface area contributed by atoms with Crippen LogP contribution in [0.25, 0.3) is 0 Å². The maximum absolute atomic E-state index is 13.0. The molecule has 6 nitrogen and oxygen atoms in total. The van der Waals surface area contributed by atoms with E-state index in [4.69, 9.17) is 27.9 Å². The zero-order valence-corrected chi connectivity index (χ0v) is 16.3. The Morgan fingerprint density at radius 2 is 1.63 bits per heavy atom. The Morgan fingerprint density at radius 1 is 1.04 bits per heavy atom. The summed E-state index contributed by atoms with van der Waals surface area (Å²) in [5.74, 6) is -2.26. The smallest absolute Gasteiger partial charge is 0.310 e. The Bertz CT molecular complexity index is 731. The number of hydrogen-bond acceptors (Lipinski definition) is 4. The molecular formula is C19H22Cl2N2O4. The minimum atomic E-state index is -0.924. The summed E-state index contributed by atoms with van der Waals surface area (Å²) in [5, 5.41) is 10.8. The molecule has 2 bridgehead atoms. The molecule has 8 heteroatoms. The van der Waals surface area contributed by atoms with Crippen molar-refractivity contribution in [1.29, 1.82) is 0 Å². The van der Waals surface area contributed by atoms with Crippen molar-refractivity contribution in [2.75, 3.05) is 26.2 Å². The van der Waals surface area contributed by atoms with E-state index in [1.807, 2.05) is 18.2 Å². The summed E-state index contributed by atoms with van der Waals surface area (Å²) in [6, 6.07) is 5.47. The fraction of sp³-hybridized carbons (Fsp3) is 0.579. The second kappa shape index (κ2) is 7.59. The predicted molar refractivity (Wildman–Crippen MR) is 101 cm³/mol. The molecule has 0 aromatic heterocycles. The van der Waals surface area contributed by atoms with E-state index in [1.54, 1.807) is 4.90 Å². The van der Waals surface area contributed by atoms with Gasteiger partial charge in [-0.15, -0.1) is 0 Å². The molecule has 0 aliphatic carbocycles. The fourth-order valence-corrected chi connectivity index (χ4v) is 5.07. The van der Waals surface area contributed by atoms with E-state index in [2.05, 4.69) is 4.90 Å². The van der Waals surface area contributed by atoms with Crippen LogP contribution in [0.3, 0.4) is 0 Å². The Morgan fingerprint density at radius 3 is 2.22 bits per heavy atom. The van der Waals surface area contributed by atoms with Crippen molar-refractivity contribution in [3.05, 3.63) is 33.8 Å². The van der Waals surface area contributed by atoms with Gasteiger partial charge in [-0.25, -0.2) is 0 Å². The number of hydrogen-bond donors (Lipinski definition) is 1. The van der Waals surface area contributed by atoms with Crippen LogP contribution in [0, 0.1) is 11.8 Å². The van der Waals surface area contributed by atoms with Crippen molar-refractivity contribution in [3.8, 4) is 0 Å². The van der Waals surface area contributed by atoms with Crippen molar-refractivity contribution < 1.29 is 19.4 Å². The lowest BCUT2D eigenvalue weighted by atomic mass is 9.78. The number of halogens is 2. The van der Waals surface area contributed by atoms with Crippen LogP contribution in [0.4, 0.5) is 0 Å². The van der Waals surface area contributed by atoms with E-state index in [0.717, 1.165) is 18.4 Å². The summed E-state index contributed by atoms with van der Waals surface area (Å²) in [7, 11) is 0. The minimum Gasteiger partial charge on any atom is -0.481 e. The Balaban J connectivity index is 1.38. The number of piperazine rings is 1. The Hall–Kier alpha value is -1.34. The van der Waals surface area contributed by atoms with Crippen molar-refractivity contribution in [3.63, 3.8) is 0 Å². The van der Waals surface area contributed by atoms with Crippen LogP contribution in [-0.2, 0) is 20.9 Å². The number of amides is 1. The van der Waals surface area contributed by atoms with Gasteiger partial charge in [-0.2, -0.15) is 0 Å². The van der Waals surface area contributed by atoms with E-state index in [1.165, 1.54) is 0 Å². The third kappa shape index (κ3) is 3.56. The maximum atomic E-state index is 13.0. The molecule has 0 spiro atoms. The molecule has 3 aliphatic heterocycles. The number of carboxylic acids is 1. The topological polar surface area (TPSA) is 70.1 Å². The van der Waals surface area contributed by atoms with Crippen LogP contribution < -0.4 is 0 Å². The standard InChI is InChI=1S/C19H22Cl2N2O4/c20-12-2-1-3-13(21)11(12)10-22-6-8-23(9-7-22)18(24)16-14-4-5-15(27-14)17(16)19(25)26/h1-3,14-17H,4-10H2,(H,25,26)/t14-,15-,16-,17-/m1/s1. The van der Waals surface area contributed by atoms with Gasteiger partial charge in [0.15, 0.2) is 0 Å². The SMILES string of the molecule is O=C(O)[C@H]1[C@H](C(=O)N2CCN(Cc3c(Cl)cccc3Cl)CC2)[C@H]2CC[C@H]1O2. The number of fused-ring (bicyclic) bond motifs is 2. The van der Waals surface area contributed by atoms with E-state index in [9.17, 15) is 14.7 Å². The number of carbonyl (C=O) groups is 2. The number of carbonyl (C=O) groups excluding carboxylic acids is 1. The van der Waals surface area contributed by atoms with Gasteiger partial charge in [-0.3, -0.25) is 14.5 Å². The second-order valence-corrected chi connectivity index (χ2v) is 8.30. The van der Waals surface area contributed by atoms with Crippen LogP contribution in [0.5, 0.6) is 0 Å². The van der Waals surface area contributed by atoms with Crippen LogP contribution >= 0.6 is 23.2 Å². The van der Waals surface area contributed by atoms with Crippen molar-refractivity contribution >= 4 is 35.1 Å². The normalized spacial score (nSPS) is 30.7. The van der Waals surface area contributed by atoms with Gasteiger partial charge >= 0.3 is 5.97 Å². The van der Waals surface area contributed by atoms with Gasteiger partial charge in [0.1, 0.15) is 0 Å². The lowest BCUT2D eigenvalue weighted by Gasteiger charge is -2.37. The summed E-state index contributed by atoms with van der Waals surface area (Å²) in [4.78, 5) is 28.6. The summed E-state index contributed by atoms with van der Waals surface area (Å²) in [6.07, 6.45) is 0.946. The largest absolute Gasteiger partial charge is 0.481 e. The van der Waals surface area contributed by atoms with Crippen molar-refractivity contribution in [2.45, 2.75) is 31.6 Å². The van der Waals surface area contributed by atoms with Gasteiger partial charge in [0.2, 0.25) is 5.91 Å². The summed E-state index contributed by atoms with van der Waals surface area (Å²) in [5.41, 5.74) is 0.896. The van der Waals surface area contributed by atoms with Crippen molar-refractivity contribution in [1.82, 2.24) is 9.80 Å². The van der Waals surface area contributed by atoms with Crippen LogP contribution in [-0.4, -0.2) is 65.2 Å². The quantitative estimate of drug-likeness (QED) is 0.822. The summed E-state index contributed by atoms with van der Waals surface area (Å²) >= 11 is 12.5. The lowest BCUT2D eigenvalue weighted by molar-refractivity contribution is -0.151. The molecule has 27 heavy (non-hydrogen) atoms. The molecule has 4 atom stereocenters. The number of nitrogens with zero attached hydrogens (tertiary/aromatic N) is 2. The third-order valence-electron chi connectivity index (χ3n) is 5.97. The minimum absolute atomic E-state index is 0.0787. The van der Waals surface area contributed by atoms with E-state index in [-0.39, 0.29) is 18.1 Å². The van der Waals surface area contributed by atoms with E-state index < -0.39 is 17.8 Å². The summed E-state index contributed by atoms with van der Waals surface area (Å²) in [6.45, 7) is 3.18. The molecule has 1 aromatic rings. The zero-order valence-electron chi connectivity index (χ0n) is 14.8.